The van der Waals surface area contributed by atoms with Gasteiger partial charge in [0.05, 0.1) is 17.4 Å². The molecule has 0 radical (unpaired) electrons. The largest absolute Gasteiger partial charge is 0.467 e. The molecule has 3 heterocycles. The number of nitrogens with zero attached hydrogens (tertiary/aromatic N) is 1. The summed E-state index contributed by atoms with van der Waals surface area (Å²) < 4.78 is 39.5. The van der Waals surface area contributed by atoms with Crippen LogP contribution in [-0.2, 0) is 14.8 Å². The van der Waals surface area contributed by atoms with Crippen molar-refractivity contribution in [2.24, 2.45) is 0 Å². The van der Waals surface area contributed by atoms with Gasteiger partial charge in [-0.2, -0.15) is 4.31 Å². The number of hydrogen-bond acceptors (Lipinski definition) is 5. The Morgan fingerprint density at radius 3 is 2.11 bits per heavy atom. The van der Waals surface area contributed by atoms with E-state index >= 15 is 0 Å². The summed E-state index contributed by atoms with van der Waals surface area (Å²) in [5.41, 5.74) is 1.31. The zero-order valence-corrected chi connectivity index (χ0v) is 16.2. The van der Waals surface area contributed by atoms with Crippen molar-refractivity contribution < 1.29 is 22.0 Å². The topological polar surface area (TPSA) is 80.7 Å². The molecule has 0 spiro atoms. The van der Waals surface area contributed by atoms with Crippen molar-refractivity contribution in [3.05, 3.63) is 89.8 Å². The fourth-order valence-electron chi connectivity index (χ4n) is 3.46. The maximum atomic E-state index is 13.6. The van der Waals surface area contributed by atoms with E-state index in [0.717, 1.165) is 5.56 Å². The van der Waals surface area contributed by atoms with Gasteiger partial charge in [0.15, 0.2) is 5.78 Å². The van der Waals surface area contributed by atoms with Crippen molar-refractivity contribution in [3.8, 4) is 0 Å². The summed E-state index contributed by atoms with van der Waals surface area (Å²) in [5.74, 6) is 0.592. The summed E-state index contributed by atoms with van der Waals surface area (Å²) >= 11 is 0. The number of benzene rings is 1. The van der Waals surface area contributed by atoms with E-state index in [9.17, 15) is 13.2 Å². The lowest BCUT2D eigenvalue weighted by Gasteiger charge is -2.28. The van der Waals surface area contributed by atoms with Crippen molar-refractivity contribution in [1.29, 1.82) is 0 Å². The number of rotatable bonds is 5. The number of ketones is 1. The molecular weight excluding hydrogens is 378 g/mol. The minimum atomic E-state index is -3.96. The van der Waals surface area contributed by atoms with Crippen LogP contribution in [0.15, 0.2) is 86.4 Å². The Hall–Kier alpha value is -2.90. The fraction of sp³-hybridized carbons (Fsp3) is 0.190. The number of Topliss-reactive ketones (excluding diaryl/α,β-unsaturated/α-hetero) is 1. The Morgan fingerprint density at radius 2 is 1.57 bits per heavy atom. The summed E-state index contributed by atoms with van der Waals surface area (Å²) in [6, 6.07) is 11.7. The molecule has 0 N–H and O–H groups in total. The van der Waals surface area contributed by atoms with Crippen LogP contribution in [0.2, 0.25) is 0 Å². The second-order valence-electron chi connectivity index (χ2n) is 6.70. The van der Waals surface area contributed by atoms with Gasteiger partial charge in [-0.15, -0.1) is 0 Å². The number of carbonyl (C=O) groups is 1. The second kappa shape index (κ2) is 6.92. The molecule has 1 aliphatic rings. The summed E-state index contributed by atoms with van der Waals surface area (Å²) in [5, 5.41) is 0. The molecule has 3 aromatic rings. The normalized spacial score (nSPS) is 20.3. The standard InChI is InChI=1S/C21H19NO5S/c1-14-7-9-16(10-8-14)28(24,25)22-18(19-5-3-11-26-19)13-17(15(2)23)21(22)20-6-4-12-27-20/h3-13,18,21H,1-2H3/t18-,21+/m0/s1. The molecule has 0 fully saturated rings. The van der Waals surface area contributed by atoms with Gasteiger partial charge < -0.3 is 8.83 Å². The first-order valence-electron chi connectivity index (χ1n) is 8.79. The molecule has 0 unspecified atom stereocenters. The molecule has 1 aliphatic heterocycles. The molecule has 28 heavy (non-hydrogen) atoms. The molecule has 2 atom stereocenters. The number of carbonyl (C=O) groups excluding carboxylic acids is 1. The van der Waals surface area contributed by atoms with Crippen LogP contribution in [0.5, 0.6) is 0 Å². The quantitative estimate of drug-likeness (QED) is 0.645. The fourth-order valence-corrected chi connectivity index (χ4v) is 5.14. The van der Waals surface area contributed by atoms with Crippen LogP contribution in [0.1, 0.15) is 36.1 Å². The third-order valence-electron chi connectivity index (χ3n) is 4.81. The lowest BCUT2D eigenvalue weighted by molar-refractivity contribution is -0.114. The van der Waals surface area contributed by atoms with Crippen molar-refractivity contribution >= 4 is 15.8 Å². The lowest BCUT2D eigenvalue weighted by Crippen LogP contribution is -2.34. The molecule has 4 rings (SSSR count). The predicted molar refractivity (Wildman–Crippen MR) is 102 cm³/mol. The van der Waals surface area contributed by atoms with Gasteiger partial charge in [-0.3, -0.25) is 4.79 Å². The Morgan fingerprint density at radius 1 is 0.964 bits per heavy atom. The van der Waals surface area contributed by atoms with E-state index in [0.29, 0.717) is 17.1 Å². The number of sulfonamides is 1. The van der Waals surface area contributed by atoms with Gasteiger partial charge in [-0.25, -0.2) is 8.42 Å². The van der Waals surface area contributed by atoms with Gasteiger partial charge in [0.1, 0.15) is 23.6 Å². The summed E-state index contributed by atoms with van der Waals surface area (Å²) in [6.45, 7) is 3.31. The minimum absolute atomic E-state index is 0.143. The van der Waals surface area contributed by atoms with Gasteiger partial charge in [-0.1, -0.05) is 17.7 Å². The van der Waals surface area contributed by atoms with E-state index in [-0.39, 0.29) is 10.7 Å². The van der Waals surface area contributed by atoms with E-state index in [1.807, 2.05) is 6.92 Å². The monoisotopic (exact) mass is 397 g/mol. The highest BCUT2D eigenvalue weighted by atomic mass is 32.2. The predicted octanol–water partition coefficient (Wildman–Crippen LogP) is 4.18. The zero-order chi connectivity index (χ0) is 19.9. The molecule has 2 aromatic heterocycles. The van der Waals surface area contributed by atoms with Gasteiger partial charge in [0.25, 0.3) is 0 Å². The van der Waals surface area contributed by atoms with E-state index in [2.05, 4.69) is 0 Å². The molecule has 7 heteroatoms. The Balaban J connectivity index is 1.91. The maximum Gasteiger partial charge on any atom is 0.245 e. The van der Waals surface area contributed by atoms with Crippen molar-refractivity contribution in [1.82, 2.24) is 4.31 Å². The van der Waals surface area contributed by atoms with Crippen LogP contribution in [0.25, 0.3) is 0 Å². The zero-order valence-electron chi connectivity index (χ0n) is 15.4. The molecule has 0 saturated heterocycles. The van der Waals surface area contributed by atoms with Crippen LogP contribution >= 0.6 is 0 Å². The first-order chi connectivity index (χ1) is 13.4. The highest BCUT2D eigenvalue weighted by molar-refractivity contribution is 7.89. The average Bonchev–Trinajstić information content (AvgIpc) is 3.40. The minimum Gasteiger partial charge on any atom is -0.467 e. The molecule has 0 aliphatic carbocycles. The van der Waals surface area contributed by atoms with E-state index in [4.69, 9.17) is 8.83 Å². The first kappa shape index (κ1) is 18.5. The molecule has 0 bridgehead atoms. The molecular formula is C21H19NO5S. The first-order valence-corrected chi connectivity index (χ1v) is 10.2. The van der Waals surface area contributed by atoms with E-state index in [1.54, 1.807) is 54.6 Å². The van der Waals surface area contributed by atoms with E-state index in [1.165, 1.54) is 23.8 Å². The highest BCUT2D eigenvalue weighted by Gasteiger charge is 2.47. The van der Waals surface area contributed by atoms with Crippen LogP contribution in [0.3, 0.4) is 0 Å². The van der Waals surface area contributed by atoms with Gasteiger partial charge in [0, 0.05) is 5.57 Å². The third kappa shape index (κ3) is 3.02. The SMILES string of the molecule is CC(=O)C1=C[C@@H](c2ccco2)N(S(=O)(=O)c2ccc(C)cc2)[C@H]1c1ccco1. The van der Waals surface area contributed by atoms with Gasteiger partial charge >= 0.3 is 0 Å². The Kier molecular flexibility index (Phi) is 4.56. The summed E-state index contributed by atoms with van der Waals surface area (Å²) in [6.07, 6.45) is 4.58. The smallest absolute Gasteiger partial charge is 0.245 e. The Bertz CT molecular complexity index is 1110. The maximum absolute atomic E-state index is 13.6. The second-order valence-corrected chi connectivity index (χ2v) is 8.55. The number of furan rings is 2. The average molecular weight is 397 g/mol. The number of aryl methyl sites for hydroxylation is 1. The molecule has 0 amide bonds. The lowest BCUT2D eigenvalue weighted by atomic mass is 10.0. The van der Waals surface area contributed by atoms with Crippen LogP contribution in [0, 0.1) is 6.92 Å². The van der Waals surface area contributed by atoms with Gasteiger partial charge in [-0.05, 0) is 56.3 Å². The Labute approximate surface area is 163 Å². The van der Waals surface area contributed by atoms with E-state index < -0.39 is 22.1 Å². The third-order valence-corrected chi connectivity index (χ3v) is 6.67. The van der Waals surface area contributed by atoms with Crippen molar-refractivity contribution in [2.45, 2.75) is 30.8 Å². The molecule has 6 nitrogen and oxygen atoms in total. The molecule has 1 aromatic carbocycles. The van der Waals surface area contributed by atoms with Crippen LogP contribution < -0.4 is 0 Å². The van der Waals surface area contributed by atoms with Crippen LogP contribution in [-0.4, -0.2) is 18.5 Å². The van der Waals surface area contributed by atoms with Gasteiger partial charge in [0.2, 0.25) is 10.0 Å². The highest BCUT2D eigenvalue weighted by Crippen LogP contribution is 2.47. The summed E-state index contributed by atoms with van der Waals surface area (Å²) in [4.78, 5) is 12.5. The molecule has 144 valence electrons. The molecule has 0 saturated carbocycles. The van der Waals surface area contributed by atoms with Crippen molar-refractivity contribution in [2.75, 3.05) is 0 Å². The summed E-state index contributed by atoms with van der Waals surface area (Å²) in [7, 11) is -3.96. The van der Waals surface area contributed by atoms with Crippen LogP contribution in [0.4, 0.5) is 0 Å². The van der Waals surface area contributed by atoms with Crippen molar-refractivity contribution in [3.63, 3.8) is 0 Å². The number of hydrogen-bond donors (Lipinski definition) is 0.